The number of halogens is 4. The molecule has 4 aliphatic heterocycles. The molecule has 2 saturated heterocycles. The standard InChI is InChI=1S/C34H39ClF3N7O3/c1-42(2)31(46)28-27(35)26-17-43(10-4-12-45(26)41-28)30-23-18-48-34(9-7-20-5-6-21(29(37)38)13-24(20)34)15-25(23)39-32(40-30)47-19-33-8-3-11-44(33)16-22(36)14-33/h5-6,13,22,29H,3-4,7-12,14-19H2,1-2H3/t22-,33?,34?/m1/s1. The van der Waals surface area contributed by atoms with E-state index >= 15 is 0 Å². The summed E-state index contributed by atoms with van der Waals surface area (Å²) in [6.45, 7) is 3.30. The zero-order chi connectivity index (χ0) is 33.4. The fraction of sp³-hybridized carbons (Fsp3) is 0.588. The smallest absolute Gasteiger partial charge is 0.318 e. The first-order valence-electron chi connectivity index (χ1n) is 16.7. The molecule has 2 fully saturated rings. The predicted octanol–water partition coefficient (Wildman–Crippen LogP) is 5.25. The van der Waals surface area contributed by atoms with E-state index in [-0.39, 0.29) is 41.9 Å². The minimum absolute atomic E-state index is 0.0231. The summed E-state index contributed by atoms with van der Waals surface area (Å²) >= 11 is 6.80. The Hall–Kier alpha value is -3.42. The second-order valence-corrected chi connectivity index (χ2v) is 14.5. The molecule has 0 bridgehead atoms. The maximum atomic E-state index is 14.6. The number of hydrogen-bond acceptors (Lipinski definition) is 8. The molecule has 1 aliphatic carbocycles. The molecule has 256 valence electrons. The van der Waals surface area contributed by atoms with Crippen molar-refractivity contribution >= 4 is 23.3 Å². The average molecular weight is 686 g/mol. The number of benzene rings is 1. The Bertz CT molecular complexity index is 1770. The second kappa shape index (κ2) is 11.9. The van der Waals surface area contributed by atoms with E-state index in [2.05, 4.69) is 14.9 Å². The van der Waals surface area contributed by atoms with Crippen molar-refractivity contribution in [3.63, 3.8) is 0 Å². The molecule has 48 heavy (non-hydrogen) atoms. The van der Waals surface area contributed by atoms with Crippen LogP contribution in [0.1, 0.15) is 82.7 Å². The Morgan fingerprint density at radius 2 is 2.04 bits per heavy atom. The molecular weight excluding hydrogens is 647 g/mol. The summed E-state index contributed by atoms with van der Waals surface area (Å²) in [6, 6.07) is 5.07. The van der Waals surface area contributed by atoms with Gasteiger partial charge in [0, 0.05) is 57.7 Å². The van der Waals surface area contributed by atoms with Gasteiger partial charge in [-0.2, -0.15) is 15.1 Å². The summed E-state index contributed by atoms with van der Waals surface area (Å²) in [6.07, 6.45) is 1.29. The number of aromatic nitrogens is 4. The molecule has 10 nitrogen and oxygen atoms in total. The van der Waals surface area contributed by atoms with Gasteiger partial charge in [-0.05, 0) is 55.8 Å². The van der Waals surface area contributed by atoms with Crippen LogP contribution in [0.5, 0.6) is 6.01 Å². The zero-order valence-corrected chi connectivity index (χ0v) is 27.9. The third-order valence-electron chi connectivity index (χ3n) is 10.9. The van der Waals surface area contributed by atoms with Crippen LogP contribution in [0.25, 0.3) is 0 Å². The predicted molar refractivity (Wildman–Crippen MR) is 171 cm³/mol. The number of hydrogen-bond donors (Lipinski definition) is 0. The highest BCUT2D eigenvalue weighted by atomic mass is 35.5. The number of fused-ring (bicyclic) bond motifs is 5. The average Bonchev–Trinajstić information content (AvgIpc) is 3.74. The van der Waals surface area contributed by atoms with E-state index < -0.39 is 18.2 Å². The highest BCUT2D eigenvalue weighted by molar-refractivity contribution is 6.34. The molecule has 1 aromatic carbocycles. The van der Waals surface area contributed by atoms with Crippen LogP contribution in [0.4, 0.5) is 19.0 Å². The van der Waals surface area contributed by atoms with Crippen molar-refractivity contribution in [3.8, 4) is 6.01 Å². The normalized spacial score (nSPS) is 26.4. The minimum atomic E-state index is -2.58. The lowest BCUT2D eigenvalue weighted by Gasteiger charge is -2.37. The molecule has 14 heteroatoms. The third kappa shape index (κ3) is 5.24. The lowest BCUT2D eigenvalue weighted by molar-refractivity contribution is -0.0731. The first-order chi connectivity index (χ1) is 23.1. The Balaban J connectivity index is 1.17. The Labute approximate surface area is 282 Å². The second-order valence-electron chi connectivity index (χ2n) is 14.1. The van der Waals surface area contributed by atoms with Crippen LogP contribution in [-0.4, -0.2) is 87.5 Å². The molecule has 5 aliphatic rings. The molecule has 3 atom stereocenters. The van der Waals surface area contributed by atoms with Gasteiger partial charge in [0.25, 0.3) is 12.3 Å². The number of nitrogens with zero attached hydrogens (tertiary/aromatic N) is 7. The van der Waals surface area contributed by atoms with E-state index in [0.29, 0.717) is 62.0 Å². The monoisotopic (exact) mass is 685 g/mol. The van der Waals surface area contributed by atoms with Gasteiger partial charge in [-0.3, -0.25) is 14.4 Å². The number of anilines is 1. The Morgan fingerprint density at radius 1 is 1.19 bits per heavy atom. The highest BCUT2D eigenvalue weighted by Crippen LogP contribution is 2.48. The Kier molecular flexibility index (Phi) is 7.87. The molecule has 0 saturated carbocycles. The molecule has 6 heterocycles. The SMILES string of the molecule is CN(C)C(=O)c1nn2c(c1Cl)CN(c1nc(OCC34CCCN3C[C@H](F)C4)nc3c1COC1(CCc4ccc(C(F)F)cc41)C3)CCC2. The molecule has 3 aromatic rings. The minimum Gasteiger partial charge on any atom is -0.461 e. The van der Waals surface area contributed by atoms with Crippen molar-refractivity contribution in [2.45, 2.75) is 88.4 Å². The number of alkyl halides is 3. The van der Waals surface area contributed by atoms with Crippen LogP contribution in [-0.2, 0) is 42.9 Å². The summed E-state index contributed by atoms with van der Waals surface area (Å²) in [5.74, 6) is 0.377. The highest BCUT2D eigenvalue weighted by Gasteiger charge is 2.50. The molecular formula is C34H39ClF3N7O3. The third-order valence-corrected chi connectivity index (χ3v) is 11.3. The maximum absolute atomic E-state index is 14.6. The van der Waals surface area contributed by atoms with E-state index in [1.807, 2.05) is 0 Å². The van der Waals surface area contributed by atoms with Gasteiger partial charge < -0.3 is 19.3 Å². The number of carbonyl (C=O) groups is 1. The zero-order valence-electron chi connectivity index (χ0n) is 27.2. The summed E-state index contributed by atoms with van der Waals surface area (Å²) in [5, 5.41) is 4.87. The summed E-state index contributed by atoms with van der Waals surface area (Å²) in [7, 11) is 3.33. The molecule has 2 unspecified atom stereocenters. The van der Waals surface area contributed by atoms with Crippen LogP contribution in [0.3, 0.4) is 0 Å². The molecule has 8 rings (SSSR count). The number of aryl methyl sites for hydroxylation is 2. The molecule has 1 spiro atoms. The van der Waals surface area contributed by atoms with Crippen molar-refractivity contribution in [2.24, 2.45) is 0 Å². The summed E-state index contributed by atoms with van der Waals surface area (Å²) in [5.41, 5.74) is 3.10. The number of carbonyl (C=O) groups excluding carboxylic acids is 1. The number of rotatable bonds is 6. The molecule has 1 amide bonds. The van der Waals surface area contributed by atoms with Crippen LogP contribution >= 0.6 is 11.6 Å². The van der Waals surface area contributed by atoms with Crippen molar-refractivity contribution < 1.29 is 27.4 Å². The van der Waals surface area contributed by atoms with Crippen molar-refractivity contribution in [2.75, 3.05) is 45.2 Å². The van der Waals surface area contributed by atoms with E-state index in [0.717, 1.165) is 54.6 Å². The molecule has 2 aromatic heterocycles. The van der Waals surface area contributed by atoms with Gasteiger partial charge in [-0.15, -0.1) is 0 Å². The fourth-order valence-corrected chi connectivity index (χ4v) is 8.76. The quantitative estimate of drug-likeness (QED) is 0.348. The van der Waals surface area contributed by atoms with Gasteiger partial charge >= 0.3 is 6.01 Å². The fourth-order valence-electron chi connectivity index (χ4n) is 8.48. The Morgan fingerprint density at radius 3 is 2.85 bits per heavy atom. The van der Waals surface area contributed by atoms with Gasteiger partial charge in [-0.25, -0.2) is 13.2 Å². The van der Waals surface area contributed by atoms with Gasteiger partial charge in [0.05, 0.1) is 40.7 Å². The molecule has 0 N–H and O–H groups in total. The van der Waals surface area contributed by atoms with Gasteiger partial charge in [0.2, 0.25) is 0 Å². The van der Waals surface area contributed by atoms with Gasteiger partial charge in [0.15, 0.2) is 5.69 Å². The van der Waals surface area contributed by atoms with Crippen molar-refractivity contribution in [1.29, 1.82) is 0 Å². The maximum Gasteiger partial charge on any atom is 0.318 e. The van der Waals surface area contributed by atoms with Crippen LogP contribution in [0.15, 0.2) is 18.2 Å². The largest absolute Gasteiger partial charge is 0.461 e. The first kappa shape index (κ1) is 31.8. The van der Waals surface area contributed by atoms with Crippen molar-refractivity contribution in [3.05, 3.63) is 62.6 Å². The van der Waals surface area contributed by atoms with E-state index in [4.69, 9.17) is 31.0 Å². The molecule has 0 radical (unpaired) electrons. The lowest BCUT2D eigenvalue weighted by atomic mass is 9.86. The van der Waals surface area contributed by atoms with E-state index in [9.17, 15) is 18.0 Å². The first-order valence-corrected chi connectivity index (χ1v) is 17.1. The van der Waals surface area contributed by atoms with Gasteiger partial charge in [-0.1, -0.05) is 23.7 Å². The van der Waals surface area contributed by atoms with E-state index in [1.54, 1.807) is 30.9 Å². The van der Waals surface area contributed by atoms with Crippen LogP contribution in [0, 0.1) is 0 Å². The van der Waals surface area contributed by atoms with Gasteiger partial charge in [0.1, 0.15) is 18.6 Å². The number of amides is 1. The van der Waals surface area contributed by atoms with Crippen molar-refractivity contribution in [1.82, 2.24) is 29.5 Å². The topological polar surface area (TPSA) is 88.9 Å². The number of ether oxygens (including phenoxy) is 2. The van der Waals surface area contributed by atoms with E-state index in [1.165, 1.54) is 11.0 Å². The van der Waals surface area contributed by atoms with Crippen LogP contribution < -0.4 is 9.64 Å². The summed E-state index contributed by atoms with van der Waals surface area (Å²) < 4.78 is 57.0. The lowest BCUT2D eigenvalue weighted by Crippen LogP contribution is -2.43. The van der Waals surface area contributed by atoms with Crippen LogP contribution in [0.2, 0.25) is 5.02 Å². The summed E-state index contributed by atoms with van der Waals surface area (Å²) in [4.78, 5) is 28.5.